The quantitative estimate of drug-likeness (QED) is 0.823. The number of ether oxygens (including phenoxy) is 2. The summed E-state index contributed by atoms with van der Waals surface area (Å²) in [5.74, 6) is -0.417. The van der Waals surface area contributed by atoms with Crippen LogP contribution in [-0.4, -0.2) is 43.5 Å². The number of hydrogen-bond donors (Lipinski definition) is 1. The fourth-order valence-electron chi connectivity index (χ4n) is 2.84. The van der Waals surface area contributed by atoms with Gasteiger partial charge in [-0.1, -0.05) is 6.07 Å². The van der Waals surface area contributed by atoms with Gasteiger partial charge in [-0.15, -0.1) is 21.2 Å². The zero-order valence-electron chi connectivity index (χ0n) is 12.4. The number of rotatable bonds is 3. The number of nitrogens with zero attached hydrogens (tertiary/aromatic N) is 1. The molecule has 0 aromatic heterocycles. The molecule has 1 saturated heterocycles. The Bertz CT molecular complexity index is 579. The van der Waals surface area contributed by atoms with Gasteiger partial charge >= 0.3 is 12.5 Å². The highest BCUT2D eigenvalue weighted by atomic mass is 35.5. The molecule has 1 N–H and O–H groups in total. The van der Waals surface area contributed by atoms with Crippen LogP contribution in [0.3, 0.4) is 0 Å². The van der Waals surface area contributed by atoms with Gasteiger partial charge in [0.15, 0.2) is 11.5 Å². The van der Waals surface area contributed by atoms with Crippen molar-refractivity contribution in [3.8, 4) is 11.5 Å². The van der Waals surface area contributed by atoms with Crippen molar-refractivity contribution < 1.29 is 31.4 Å². The monoisotopic (exact) mass is 374 g/mol. The molecule has 1 aromatic carbocycles. The highest BCUT2D eigenvalue weighted by Crippen LogP contribution is 2.44. The van der Waals surface area contributed by atoms with E-state index in [2.05, 4.69) is 14.8 Å². The molecular weight excluding hydrogens is 359 g/mol. The average molecular weight is 375 g/mol. The molecule has 2 aliphatic heterocycles. The standard InChI is InChI=1S/C14H15F5N2O2.ClH/c15-13(16,17)8-10(21-5-3-20-4-6-21)9-1-2-11-12(7-9)23-14(18,19)22-11;/h1-2,7,10,20H,3-6,8H2;1H/t10-;/m0./s1. The van der Waals surface area contributed by atoms with Crippen LogP contribution in [0.25, 0.3) is 0 Å². The van der Waals surface area contributed by atoms with E-state index in [1.54, 1.807) is 4.90 Å². The zero-order valence-corrected chi connectivity index (χ0v) is 13.2. The first-order chi connectivity index (χ1) is 10.7. The van der Waals surface area contributed by atoms with Crippen molar-refractivity contribution in [2.75, 3.05) is 26.2 Å². The highest BCUT2D eigenvalue weighted by molar-refractivity contribution is 5.85. The zero-order chi connectivity index (χ0) is 16.7. The van der Waals surface area contributed by atoms with Crippen LogP contribution in [0.4, 0.5) is 22.0 Å². The first-order valence-electron chi connectivity index (χ1n) is 7.15. The van der Waals surface area contributed by atoms with Gasteiger partial charge < -0.3 is 14.8 Å². The molecule has 0 bridgehead atoms. The van der Waals surface area contributed by atoms with Crippen LogP contribution in [-0.2, 0) is 0 Å². The third kappa shape index (κ3) is 4.40. The van der Waals surface area contributed by atoms with Crippen LogP contribution in [0.1, 0.15) is 18.0 Å². The maximum absolute atomic E-state index is 13.1. The Morgan fingerprint density at radius 3 is 2.38 bits per heavy atom. The van der Waals surface area contributed by atoms with E-state index >= 15 is 0 Å². The van der Waals surface area contributed by atoms with Crippen LogP contribution in [0, 0.1) is 0 Å². The summed E-state index contributed by atoms with van der Waals surface area (Å²) < 4.78 is 73.5. The van der Waals surface area contributed by atoms with Crippen molar-refractivity contribution in [3.05, 3.63) is 23.8 Å². The van der Waals surface area contributed by atoms with E-state index in [1.165, 1.54) is 18.2 Å². The second-order valence-corrected chi connectivity index (χ2v) is 5.49. The summed E-state index contributed by atoms with van der Waals surface area (Å²) in [5.41, 5.74) is 0.282. The van der Waals surface area contributed by atoms with Gasteiger partial charge in [0.05, 0.1) is 6.42 Å². The average Bonchev–Trinajstić information content (AvgIpc) is 2.77. The van der Waals surface area contributed by atoms with Gasteiger partial charge in [0.1, 0.15) is 0 Å². The van der Waals surface area contributed by atoms with Crippen LogP contribution in [0.2, 0.25) is 0 Å². The van der Waals surface area contributed by atoms with Gasteiger partial charge in [0, 0.05) is 32.2 Å². The van der Waals surface area contributed by atoms with Crippen LogP contribution < -0.4 is 14.8 Å². The van der Waals surface area contributed by atoms with Crippen molar-refractivity contribution in [3.63, 3.8) is 0 Å². The molecule has 0 unspecified atom stereocenters. The van der Waals surface area contributed by atoms with Crippen molar-refractivity contribution in [1.29, 1.82) is 0 Å². The summed E-state index contributed by atoms with van der Waals surface area (Å²) in [5, 5.41) is 3.07. The molecule has 1 fully saturated rings. The topological polar surface area (TPSA) is 33.7 Å². The van der Waals surface area contributed by atoms with E-state index in [0.29, 0.717) is 26.2 Å². The van der Waals surface area contributed by atoms with E-state index in [4.69, 9.17) is 0 Å². The van der Waals surface area contributed by atoms with E-state index in [-0.39, 0.29) is 29.5 Å². The third-order valence-corrected chi connectivity index (χ3v) is 3.83. The Balaban J connectivity index is 0.00000208. The first kappa shape index (κ1) is 19.0. The normalized spacial score (nSPS) is 21.2. The first-order valence-corrected chi connectivity index (χ1v) is 7.15. The van der Waals surface area contributed by atoms with Crippen molar-refractivity contribution in [2.24, 2.45) is 0 Å². The lowest BCUT2D eigenvalue weighted by molar-refractivity contribution is -0.286. The van der Waals surface area contributed by atoms with Crippen LogP contribution in [0.15, 0.2) is 18.2 Å². The lowest BCUT2D eigenvalue weighted by atomic mass is 10.00. The van der Waals surface area contributed by atoms with Gasteiger partial charge in [-0.05, 0) is 17.7 Å². The second-order valence-electron chi connectivity index (χ2n) is 5.49. The molecule has 1 aromatic rings. The Hall–Kier alpha value is -1.32. The lowest BCUT2D eigenvalue weighted by Crippen LogP contribution is -2.46. The Kier molecular flexibility index (Phi) is 5.46. The summed E-state index contributed by atoms with van der Waals surface area (Å²) >= 11 is 0. The SMILES string of the molecule is Cl.FC(F)(F)C[C@@H](c1ccc2c(c1)OC(F)(F)O2)N1CCNCC1. The van der Waals surface area contributed by atoms with E-state index < -0.39 is 24.9 Å². The Morgan fingerprint density at radius 1 is 1.12 bits per heavy atom. The second kappa shape index (κ2) is 6.89. The van der Waals surface area contributed by atoms with E-state index in [1.807, 2.05) is 0 Å². The Morgan fingerprint density at radius 2 is 1.75 bits per heavy atom. The largest absolute Gasteiger partial charge is 0.586 e. The van der Waals surface area contributed by atoms with Gasteiger partial charge in [0.2, 0.25) is 0 Å². The number of piperazine rings is 1. The van der Waals surface area contributed by atoms with E-state index in [0.717, 1.165) is 0 Å². The number of fused-ring (bicyclic) bond motifs is 1. The minimum Gasteiger partial charge on any atom is -0.395 e. The number of hydrogen-bond acceptors (Lipinski definition) is 4. The molecule has 3 rings (SSSR count). The molecule has 0 radical (unpaired) electrons. The molecule has 4 nitrogen and oxygen atoms in total. The predicted octanol–water partition coefficient (Wildman–Crippen LogP) is 3.33. The van der Waals surface area contributed by atoms with Crippen LogP contribution >= 0.6 is 12.4 Å². The number of benzene rings is 1. The molecule has 10 heteroatoms. The van der Waals surface area contributed by atoms with Gasteiger partial charge in [-0.3, -0.25) is 4.90 Å². The molecule has 0 amide bonds. The predicted molar refractivity (Wildman–Crippen MR) is 77.7 cm³/mol. The fraction of sp³-hybridized carbons (Fsp3) is 0.571. The summed E-state index contributed by atoms with van der Waals surface area (Å²) in [6, 6.07) is 2.86. The molecule has 2 heterocycles. The minimum absolute atomic E-state index is 0. The van der Waals surface area contributed by atoms with Gasteiger partial charge in [-0.2, -0.15) is 13.2 Å². The summed E-state index contributed by atoms with van der Waals surface area (Å²) in [7, 11) is 0. The summed E-state index contributed by atoms with van der Waals surface area (Å²) in [6.45, 7) is 2.06. The van der Waals surface area contributed by atoms with Crippen molar-refractivity contribution >= 4 is 12.4 Å². The summed E-state index contributed by atoms with van der Waals surface area (Å²) in [6.07, 6.45) is -9.20. The maximum atomic E-state index is 13.1. The van der Waals surface area contributed by atoms with Gasteiger partial charge in [0.25, 0.3) is 0 Å². The molecule has 0 saturated carbocycles. The van der Waals surface area contributed by atoms with Gasteiger partial charge in [-0.25, -0.2) is 0 Å². The third-order valence-electron chi connectivity index (χ3n) is 3.83. The molecule has 0 aliphatic carbocycles. The smallest absolute Gasteiger partial charge is 0.395 e. The molecule has 0 spiro atoms. The summed E-state index contributed by atoms with van der Waals surface area (Å²) in [4.78, 5) is 1.69. The Labute approximate surface area is 141 Å². The molecule has 24 heavy (non-hydrogen) atoms. The molecular formula is C14H16ClF5N2O2. The number of alkyl halides is 5. The number of halogens is 6. The van der Waals surface area contributed by atoms with Crippen molar-refractivity contribution in [2.45, 2.75) is 24.9 Å². The highest BCUT2D eigenvalue weighted by Gasteiger charge is 2.44. The lowest BCUT2D eigenvalue weighted by Gasteiger charge is -2.35. The molecule has 136 valence electrons. The molecule has 1 atom stereocenters. The fourth-order valence-corrected chi connectivity index (χ4v) is 2.84. The maximum Gasteiger partial charge on any atom is 0.586 e. The minimum atomic E-state index is -4.37. The number of nitrogens with one attached hydrogen (secondary N) is 1. The van der Waals surface area contributed by atoms with Crippen LogP contribution in [0.5, 0.6) is 11.5 Å². The van der Waals surface area contributed by atoms with Crippen molar-refractivity contribution in [1.82, 2.24) is 10.2 Å². The van der Waals surface area contributed by atoms with E-state index in [9.17, 15) is 22.0 Å². The molecule has 2 aliphatic rings.